The number of nitrogens with zero attached hydrogens (tertiary/aromatic N) is 1. The second kappa shape index (κ2) is 5.27. The summed E-state index contributed by atoms with van der Waals surface area (Å²) in [6.07, 6.45) is 1.08. The van der Waals surface area contributed by atoms with Crippen LogP contribution in [0.15, 0.2) is 18.2 Å². The highest BCUT2D eigenvalue weighted by Crippen LogP contribution is 2.23. The number of nitrogen functional groups attached to an aromatic ring is 1. The number of nitrogens with one attached hydrogen (secondary N) is 1. The molecule has 1 fully saturated rings. The molecular weight excluding hydrogens is 230 g/mol. The number of benzene rings is 1. The molecular formula is C13H19N3O2. The molecule has 1 aliphatic heterocycles. The third-order valence-electron chi connectivity index (χ3n) is 3.23. The van der Waals surface area contributed by atoms with Crippen molar-refractivity contribution in [2.75, 3.05) is 38.3 Å². The van der Waals surface area contributed by atoms with E-state index in [1.807, 2.05) is 0 Å². The van der Waals surface area contributed by atoms with Crippen LogP contribution in [-0.2, 0) is 4.74 Å². The summed E-state index contributed by atoms with van der Waals surface area (Å²) in [5.74, 6) is -0.346. The van der Waals surface area contributed by atoms with Gasteiger partial charge in [0.25, 0.3) is 0 Å². The molecule has 1 aromatic rings. The van der Waals surface area contributed by atoms with Crippen LogP contribution in [0.4, 0.5) is 11.4 Å². The Kier molecular flexibility index (Phi) is 3.72. The Morgan fingerprint density at radius 2 is 2.33 bits per heavy atom. The molecule has 0 amide bonds. The Bertz CT molecular complexity index is 448. The molecule has 0 aromatic heterocycles. The van der Waals surface area contributed by atoms with Crippen molar-refractivity contribution in [2.45, 2.75) is 12.5 Å². The lowest BCUT2D eigenvalue weighted by Gasteiger charge is -2.16. The fourth-order valence-corrected chi connectivity index (χ4v) is 2.20. The van der Waals surface area contributed by atoms with Crippen molar-refractivity contribution < 1.29 is 9.53 Å². The number of likely N-dealkylation sites (tertiary alicyclic amines) is 1. The topological polar surface area (TPSA) is 67.6 Å². The molecule has 3 N–H and O–H groups in total. The maximum Gasteiger partial charge on any atom is 0.337 e. The molecule has 0 bridgehead atoms. The summed E-state index contributed by atoms with van der Waals surface area (Å²) >= 11 is 0. The van der Waals surface area contributed by atoms with E-state index in [9.17, 15) is 4.79 Å². The summed E-state index contributed by atoms with van der Waals surface area (Å²) in [6.45, 7) is 2.07. The Balaban J connectivity index is 2.13. The Morgan fingerprint density at radius 1 is 1.56 bits per heavy atom. The van der Waals surface area contributed by atoms with E-state index in [-0.39, 0.29) is 5.97 Å². The first-order valence-electron chi connectivity index (χ1n) is 6.03. The van der Waals surface area contributed by atoms with Gasteiger partial charge < -0.3 is 20.7 Å². The van der Waals surface area contributed by atoms with Gasteiger partial charge in [-0.2, -0.15) is 0 Å². The van der Waals surface area contributed by atoms with Crippen LogP contribution >= 0.6 is 0 Å². The van der Waals surface area contributed by atoms with Gasteiger partial charge >= 0.3 is 5.97 Å². The molecule has 98 valence electrons. The molecule has 5 heteroatoms. The van der Waals surface area contributed by atoms with E-state index in [0.717, 1.165) is 25.2 Å². The number of hydrogen-bond acceptors (Lipinski definition) is 5. The lowest BCUT2D eigenvalue weighted by atomic mass is 10.1. The van der Waals surface area contributed by atoms with Crippen LogP contribution in [0.1, 0.15) is 16.8 Å². The van der Waals surface area contributed by atoms with E-state index in [0.29, 0.717) is 17.3 Å². The van der Waals surface area contributed by atoms with Crippen molar-refractivity contribution in [3.8, 4) is 0 Å². The minimum atomic E-state index is -0.346. The average Bonchev–Trinajstić information content (AvgIpc) is 2.76. The van der Waals surface area contributed by atoms with Gasteiger partial charge in [0.05, 0.1) is 24.0 Å². The van der Waals surface area contributed by atoms with Crippen molar-refractivity contribution in [1.29, 1.82) is 0 Å². The number of carbonyl (C=O) groups excluding carboxylic acids is 1. The molecule has 1 atom stereocenters. The van der Waals surface area contributed by atoms with E-state index < -0.39 is 0 Å². The quantitative estimate of drug-likeness (QED) is 0.622. The first-order chi connectivity index (χ1) is 8.60. The zero-order valence-corrected chi connectivity index (χ0v) is 10.8. The largest absolute Gasteiger partial charge is 0.465 e. The molecule has 2 rings (SSSR count). The molecule has 1 heterocycles. The summed E-state index contributed by atoms with van der Waals surface area (Å²) in [5, 5.41) is 3.38. The standard InChI is InChI=1S/C13H19N3O2/c1-16-6-5-10(8-16)15-12-7-9(13(17)18-2)3-4-11(12)14/h3-4,7,10,15H,5-6,8,14H2,1-2H3. The molecule has 5 nitrogen and oxygen atoms in total. The van der Waals surface area contributed by atoms with Gasteiger partial charge in [0.15, 0.2) is 0 Å². The van der Waals surface area contributed by atoms with Crippen molar-refractivity contribution in [2.24, 2.45) is 0 Å². The average molecular weight is 249 g/mol. The molecule has 0 radical (unpaired) electrons. The summed E-state index contributed by atoms with van der Waals surface area (Å²) in [5.41, 5.74) is 7.88. The maximum absolute atomic E-state index is 11.5. The van der Waals surface area contributed by atoms with Crippen molar-refractivity contribution in [3.63, 3.8) is 0 Å². The van der Waals surface area contributed by atoms with E-state index >= 15 is 0 Å². The van der Waals surface area contributed by atoms with Crippen LogP contribution in [0, 0.1) is 0 Å². The van der Waals surface area contributed by atoms with Gasteiger partial charge in [0, 0.05) is 12.6 Å². The lowest BCUT2D eigenvalue weighted by molar-refractivity contribution is 0.0601. The van der Waals surface area contributed by atoms with Crippen LogP contribution < -0.4 is 11.1 Å². The van der Waals surface area contributed by atoms with Crippen molar-refractivity contribution >= 4 is 17.3 Å². The van der Waals surface area contributed by atoms with Crippen LogP contribution in [0.3, 0.4) is 0 Å². The van der Waals surface area contributed by atoms with Crippen LogP contribution in [-0.4, -0.2) is 44.2 Å². The van der Waals surface area contributed by atoms with E-state index in [4.69, 9.17) is 10.5 Å². The third kappa shape index (κ3) is 2.73. The number of carbonyl (C=O) groups is 1. The monoisotopic (exact) mass is 249 g/mol. The molecule has 18 heavy (non-hydrogen) atoms. The second-order valence-corrected chi connectivity index (χ2v) is 4.69. The fraction of sp³-hybridized carbons (Fsp3) is 0.462. The van der Waals surface area contributed by atoms with Crippen LogP contribution in [0.5, 0.6) is 0 Å². The number of anilines is 2. The second-order valence-electron chi connectivity index (χ2n) is 4.69. The number of rotatable bonds is 3. The molecule has 1 aliphatic rings. The van der Waals surface area contributed by atoms with Crippen molar-refractivity contribution in [3.05, 3.63) is 23.8 Å². The Morgan fingerprint density at radius 3 is 2.94 bits per heavy atom. The van der Waals surface area contributed by atoms with Crippen LogP contribution in [0.25, 0.3) is 0 Å². The predicted octanol–water partition coefficient (Wildman–Crippen LogP) is 1.17. The normalized spacial score (nSPS) is 19.8. The minimum absolute atomic E-state index is 0.346. The van der Waals surface area contributed by atoms with Crippen molar-refractivity contribution in [1.82, 2.24) is 4.90 Å². The highest BCUT2D eigenvalue weighted by Gasteiger charge is 2.20. The molecule has 1 unspecified atom stereocenters. The number of likely N-dealkylation sites (N-methyl/N-ethyl adjacent to an activating group) is 1. The zero-order chi connectivity index (χ0) is 13.1. The number of nitrogens with two attached hydrogens (primary N) is 1. The van der Waals surface area contributed by atoms with E-state index in [2.05, 4.69) is 17.3 Å². The summed E-state index contributed by atoms with van der Waals surface area (Å²) < 4.78 is 4.70. The highest BCUT2D eigenvalue weighted by molar-refractivity contribution is 5.92. The summed E-state index contributed by atoms with van der Waals surface area (Å²) in [7, 11) is 3.47. The molecule has 0 aliphatic carbocycles. The van der Waals surface area contributed by atoms with Gasteiger partial charge in [-0.3, -0.25) is 0 Å². The third-order valence-corrected chi connectivity index (χ3v) is 3.23. The van der Waals surface area contributed by atoms with Crippen LogP contribution in [0.2, 0.25) is 0 Å². The first kappa shape index (κ1) is 12.7. The molecule has 0 spiro atoms. The predicted molar refractivity (Wildman–Crippen MR) is 71.7 cm³/mol. The smallest absolute Gasteiger partial charge is 0.337 e. The maximum atomic E-state index is 11.5. The lowest BCUT2D eigenvalue weighted by Crippen LogP contribution is -2.24. The van der Waals surface area contributed by atoms with Gasteiger partial charge in [-0.1, -0.05) is 0 Å². The SMILES string of the molecule is COC(=O)c1ccc(N)c(NC2CCN(C)C2)c1. The molecule has 0 saturated carbocycles. The van der Waals surface area contributed by atoms with Gasteiger partial charge in [0.2, 0.25) is 0 Å². The van der Waals surface area contributed by atoms with E-state index in [1.54, 1.807) is 18.2 Å². The number of ether oxygens (including phenoxy) is 1. The molecule has 1 saturated heterocycles. The number of hydrogen-bond donors (Lipinski definition) is 2. The van der Waals surface area contributed by atoms with Gasteiger partial charge in [-0.15, -0.1) is 0 Å². The number of esters is 1. The first-order valence-corrected chi connectivity index (χ1v) is 6.03. The zero-order valence-electron chi connectivity index (χ0n) is 10.8. The van der Waals surface area contributed by atoms with E-state index in [1.165, 1.54) is 7.11 Å². The molecule has 1 aromatic carbocycles. The van der Waals surface area contributed by atoms with Gasteiger partial charge in [-0.05, 0) is 38.2 Å². The Labute approximate surface area is 107 Å². The van der Waals surface area contributed by atoms with Gasteiger partial charge in [0.1, 0.15) is 0 Å². The summed E-state index contributed by atoms with van der Waals surface area (Å²) in [4.78, 5) is 13.7. The number of methoxy groups -OCH3 is 1. The summed E-state index contributed by atoms with van der Waals surface area (Å²) in [6, 6.07) is 5.53. The minimum Gasteiger partial charge on any atom is -0.465 e. The van der Waals surface area contributed by atoms with Gasteiger partial charge in [-0.25, -0.2) is 4.79 Å². The fourth-order valence-electron chi connectivity index (χ4n) is 2.20. The highest BCUT2D eigenvalue weighted by atomic mass is 16.5. The Hall–Kier alpha value is -1.75.